The lowest BCUT2D eigenvalue weighted by Crippen LogP contribution is -2.46. The standard InChI is InChI=1S/C11H16O.C7H6Cl2O.C7H14FN.C4H8O2/c12-7-11-4-8-1-9(5-11)3-10(2-8)6-11;8-6-2-1-5(4-10)3-7(6)9;1-5-3-4-7(2,9)6(5)8;1-4(5)3-6-2/h7-10H,1-6H2;1-3,10H,4H2;5-6H,3-4,9H2,1-2H3;3H2,1-2H3. The van der Waals surface area contributed by atoms with Gasteiger partial charge in [0.05, 0.1) is 16.7 Å². The van der Waals surface area contributed by atoms with Gasteiger partial charge in [-0.25, -0.2) is 4.39 Å². The second kappa shape index (κ2) is 14.4. The normalized spacial score (nSPS) is 34.8. The van der Waals surface area contributed by atoms with Crippen molar-refractivity contribution in [3.63, 3.8) is 0 Å². The molecule has 0 aromatic heterocycles. The van der Waals surface area contributed by atoms with E-state index in [-0.39, 0.29) is 30.3 Å². The fourth-order valence-corrected chi connectivity index (χ4v) is 6.96. The van der Waals surface area contributed by atoms with E-state index in [0.717, 1.165) is 36.2 Å². The van der Waals surface area contributed by atoms with Gasteiger partial charge >= 0.3 is 0 Å². The third kappa shape index (κ3) is 9.58. The summed E-state index contributed by atoms with van der Waals surface area (Å²) >= 11 is 11.3. The molecule has 3 atom stereocenters. The Labute approximate surface area is 231 Å². The summed E-state index contributed by atoms with van der Waals surface area (Å²) in [4.78, 5) is 21.0. The molecule has 3 unspecified atom stereocenters. The van der Waals surface area contributed by atoms with Crippen LogP contribution in [-0.2, 0) is 20.9 Å². The molecule has 210 valence electrons. The van der Waals surface area contributed by atoms with Gasteiger partial charge in [-0.3, -0.25) is 4.79 Å². The first-order chi connectivity index (χ1) is 17.3. The molecule has 0 amide bonds. The third-order valence-electron chi connectivity index (χ3n) is 8.12. The lowest BCUT2D eigenvalue weighted by atomic mass is 9.50. The molecular formula is C29H44Cl2FNO4. The van der Waals surface area contributed by atoms with Crippen molar-refractivity contribution in [1.29, 1.82) is 0 Å². The van der Waals surface area contributed by atoms with Crippen LogP contribution < -0.4 is 5.73 Å². The molecule has 5 fully saturated rings. The minimum atomic E-state index is -0.794. The van der Waals surface area contributed by atoms with Gasteiger partial charge < -0.3 is 20.4 Å². The molecule has 1 aromatic rings. The molecule has 5 saturated carbocycles. The molecule has 0 spiro atoms. The predicted octanol–water partition coefficient (Wildman–Crippen LogP) is 6.58. The summed E-state index contributed by atoms with van der Waals surface area (Å²) < 4.78 is 17.4. The van der Waals surface area contributed by atoms with Crippen LogP contribution >= 0.6 is 23.2 Å². The number of aldehydes is 1. The summed E-state index contributed by atoms with van der Waals surface area (Å²) in [6.45, 7) is 5.43. The Hall–Kier alpha value is -1.05. The topological polar surface area (TPSA) is 89.6 Å². The number of methoxy groups -OCH3 is 1. The van der Waals surface area contributed by atoms with Crippen molar-refractivity contribution in [1.82, 2.24) is 0 Å². The summed E-state index contributed by atoms with van der Waals surface area (Å²) in [5, 5.41) is 9.64. The van der Waals surface area contributed by atoms with Crippen molar-refractivity contribution >= 4 is 35.3 Å². The molecule has 0 aliphatic heterocycles. The second-order valence-electron chi connectivity index (χ2n) is 11.9. The number of ketones is 1. The van der Waals surface area contributed by atoms with Crippen molar-refractivity contribution in [2.24, 2.45) is 34.8 Å². The molecule has 3 N–H and O–H groups in total. The SMILES string of the molecule is CC1CCC(C)(N)C1F.COCC(C)=O.O=CC12CC3CC(CC(C3)C1)C2.OCc1ccc(Cl)c(Cl)c1. The van der Waals surface area contributed by atoms with E-state index >= 15 is 0 Å². The Morgan fingerprint density at radius 3 is 1.97 bits per heavy atom. The van der Waals surface area contributed by atoms with E-state index in [2.05, 4.69) is 4.74 Å². The van der Waals surface area contributed by atoms with Crippen molar-refractivity contribution in [3.05, 3.63) is 33.8 Å². The van der Waals surface area contributed by atoms with Crippen LogP contribution in [0.1, 0.15) is 77.7 Å². The van der Waals surface area contributed by atoms with Crippen LogP contribution in [0.2, 0.25) is 10.0 Å². The number of benzene rings is 1. The van der Waals surface area contributed by atoms with E-state index in [0.29, 0.717) is 10.0 Å². The average Bonchev–Trinajstić information content (AvgIpc) is 3.07. The number of hydrogen-bond donors (Lipinski definition) is 2. The lowest BCUT2D eigenvalue weighted by Gasteiger charge is -2.54. The monoisotopic (exact) mass is 559 g/mol. The molecule has 8 heteroatoms. The van der Waals surface area contributed by atoms with Crippen molar-refractivity contribution < 1.29 is 23.8 Å². The van der Waals surface area contributed by atoms with Crippen LogP contribution in [0.3, 0.4) is 0 Å². The van der Waals surface area contributed by atoms with Crippen molar-refractivity contribution in [3.8, 4) is 0 Å². The zero-order valence-electron chi connectivity index (χ0n) is 22.7. The van der Waals surface area contributed by atoms with Gasteiger partial charge in [0.2, 0.25) is 0 Å². The van der Waals surface area contributed by atoms with Gasteiger partial charge in [-0.05, 0) is 107 Å². The molecule has 0 radical (unpaired) electrons. The van der Waals surface area contributed by atoms with Crippen molar-refractivity contribution in [2.75, 3.05) is 13.7 Å². The Kier molecular flexibility index (Phi) is 12.5. The molecule has 5 nitrogen and oxygen atoms in total. The highest BCUT2D eigenvalue weighted by molar-refractivity contribution is 6.42. The smallest absolute Gasteiger partial charge is 0.155 e. The number of rotatable bonds is 4. The summed E-state index contributed by atoms with van der Waals surface area (Å²) in [5.41, 5.74) is 6.03. The maximum Gasteiger partial charge on any atom is 0.155 e. The van der Waals surface area contributed by atoms with Gasteiger partial charge in [-0.15, -0.1) is 0 Å². The van der Waals surface area contributed by atoms with E-state index in [9.17, 15) is 14.0 Å². The quantitative estimate of drug-likeness (QED) is 0.406. The van der Waals surface area contributed by atoms with Gasteiger partial charge in [0.25, 0.3) is 0 Å². The van der Waals surface area contributed by atoms with Crippen LogP contribution in [0.25, 0.3) is 0 Å². The summed E-state index contributed by atoms with van der Waals surface area (Å²) in [6, 6.07) is 5.04. The number of halogens is 3. The highest BCUT2D eigenvalue weighted by Gasteiger charge is 2.50. The number of ether oxygens (including phenoxy) is 1. The highest BCUT2D eigenvalue weighted by Crippen LogP contribution is 2.59. The maximum atomic E-state index is 13.0. The number of hydrogen-bond acceptors (Lipinski definition) is 5. The third-order valence-corrected chi connectivity index (χ3v) is 8.86. The molecule has 6 rings (SSSR count). The summed E-state index contributed by atoms with van der Waals surface area (Å²) in [7, 11) is 1.50. The van der Waals surface area contributed by atoms with Gasteiger partial charge in [-0.2, -0.15) is 0 Å². The Morgan fingerprint density at radius 2 is 1.70 bits per heavy atom. The van der Waals surface area contributed by atoms with Crippen LogP contribution in [0.5, 0.6) is 0 Å². The average molecular weight is 561 g/mol. The predicted molar refractivity (Wildman–Crippen MR) is 147 cm³/mol. The van der Waals surface area contributed by atoms with Crippen LogP contribution in [0.4, 0.5) is 4.39 Å². The number of alkyl halides is 1. The van der Waals surface area contributed by atoms with E-state index in [1.807, 2.05) is 6.92 Å². The summed E-state index contributed by atoms with van der Waals surface area (Å²) in [6.07, 6.45) is 10.2. The molecule has 0 heterocycles. The Morgan fingerprint density at radius 1 is 1.16 bits per heavy atom. The number of carbonyl (C=O) groups excluding carboxylic acids is 2. The largest absolute Gasteiger partial charge is 0.392 e. The van der Waals surface area contributed by atoms with E-state index in [4.69, 9.17) is 34.0 Å². The fraction of sp³-hybridized carbons (Fsp3) is 0.724. The zero-order chi connectivity index (χ0) is 27.8. The number of carbonyl (C=O) groups is 2. The first-order valence-electron chi connectivity index (χ1n) is 13.3. The van der Waals surface area contributed by atoms with E-state index < -0.39 is 11.7 Å². The van der Waals surface area contributed by atoms with E-state index in [1.165, 1.54) is 58.8 Å². The van der Waals surface area contributed by atoms with Gasteiger partial charge in [0.1, 0.15) is 19.1 Å². The van der Waals surface area contributed by atoms with Gasteiger partial charge in [0, 0.05) is 18.1 Å². The Balaban J connectivity index is 0.000000179. The molecule has 1 aromatic carbocycles. The second-order valence-corrected chi connectivity index (χ2v) is 12.7. The number of nitrogens with two attached hydrogens (primary N) is 1. The molecule has 4 bridgehead atoms. The van der Waals surface area contributed by atoms with E-state index in [1.54, 1.807) is 25.1 Å². The van der Waals surface area contributed by atoms with Crippen LogP contribution in [-0.4, -0.2) is 42.6 Å². The fourth-order valence-electron chi connectivity index (χ4n) is 6.64. The van der Waals surface area contributed by atoms with Gasteiger partial charge in [-0.1, -0.05) is 36.2 Å². The molecular weight excluding hydrogens is 516 g/mol. The first-order valence-corrected chi connectivity index (χ1v) is 14.0. The number of Topliss-reactive ketones (excluding diaryl/α,β-unsaturated/α-hetero) is 1. The van der Waals surface area contributed by atoms with Gasteiger partial charge in [0.15, 0.2) is 5.78 Å². The van der Waals surface area contributed by atoms with Crippen LogP contribution in [0.15, 0.2) is 18.2 Å². The summed E-state index contributed by atoms with van der Waals surface area (Å²) in [5.74, 6) is 2.99. The molecule has 37 heavy (non-hydrogen) atoms. The molecule has 0 saturated heterocycles. The lowest BCUT2D eigenvalue weighted by molar-refractivity contribution is -0.130. The zero-order valence-corrected chi connectivity index (χ0v) is 24.2. The maximum absolute atomic E-state index is 13.0. The molecule has 5 aliphatic carbocycles. The van der Waals surface area contributed by atoms with Crippen molar-refractivity contribution in [2.45, 2.75) is 90.5 Å². The first kappa shape index (κ1) is 32.2. The highest BCUT2D eigenvalue weighted by atomic mass is 35.5. The minimum Gasteiger partial charge on any atom is -0.392 e. The minimum absolute atomic E-state index is 0.00309. The molecule has 5 aliphatic rings. The Bertz CT molecular complexity index is 859. The number of aliphatic hydroxyl groups is 1. The van der Waals surface area contributed by atoms with Crippen LogP contribution in [0, 0.1) is 29.1 Å². The number of aliphatic hydroxyl groups excluding tert-OH is 1.